The quantitative estimate of drug-likeness (QED) is 0.836. The second-order valence-corrected chi connectivity index (χ2v) is 5.03. The molecular weight excluding hydrogens is 266 g/mol. The van der Waals surface area contributed by atoms with Crippen LogP contribution in [0.25, 0.3) is 0 Å². The highest BCUT2D eigenvalue weighted by atomic mass is 35.5. The van der Waals surface area contributed by atoms with Crippen molar-refractivity contribution in [3.05, 3.63) is 34.9 Å². The molecule has 19 heavy (non-hydrogen) atoms. The number of primary amides is 1. The Morgan fingerprint density at radius 1 is 1.42 bits per heavy atom. The number of benzene rings is 1. The van der Waals surface area contributed by atoms with Crippen molar-refractivity contribution < 1.29 is 9.59 Å². The molecule has 0 bridgehead atoms. The van der Waals surface area contributed by atoms with E-state index in [2.05, 4.69) is 5.32 Å². The standard InChI is InChI=1S/C13H16ClN3O2/c14-10-3-1-9(2-4-10)11(13(15)19)7-17-6-5-16-12(18)8-17/h1-4,11H,5-8H2,(H2,15,19)(H,16,18)/t11-/m0/s1. The number of nitrogens with one attached hydrogen (secondary N) is 1. The van der Waals surface area contributed by atoms with E-state index in [0.717, 1.165) is 12.1 Å². The van der Waals surface area contributed by atoms with Crippen LogP contribution in [-0.2, 0) is 9.59 Å². The average Bonchev–Trinajstić information content (AvgIpc) is 2.37. The van der Waals surface area contributed by atoms with Crippen LogP contribution >= 0.6 is 11.6 Å². The van der Waals surface area contributed by atoms with Crippen LogP contribution in [0.15, 0.2) is 24.3 Å². The van der Waals surface area contributed by atoms with Crippen LogP contribution in [0.3, 0.4) is 0 Å². The van der Waals surface area contributed by atoms with Crippen LogP contribution in [0.4, 0.5) is 0 Å². The number of halogens is 1. The topological polar surface area (TPSA) is 75.4 Å². The van der Waals surface area contributed by atoms with Crippen LogP contribution in [0.1, 0.15) is 11.5 Å². The lowest BCUT2D eigenvalue weighted by atomic mass is 9.97. The smallest absolute Gasteiger partial charge is 0.234 e. The summed E-state index contributed by atoms with van der Waals surface area (Å²) in [5.41, 5.74) is 6.28. The molecule has 0 radical (unpaired) electrons. The first kappa shape index (κ1) is 13.8. The number of carbonyl (C=O) groups excluding carboxylic acids is 2. The molecule has 102 valence electrons. The van der Waals surface area contributed by atoms with Crippen molar-refractivity contribution in [2.75, 3.05) is 26.2 Å². The zero-order valence-corrected chi connectivity index (χ0v) is 11.2. The molecule has 0 unspecified atom stereocenters. The summed E-state index contributed by atoms with van der Waals surface area (Å²) in [6.07, 6.45) is 0. The maximum absolute atomic E-state index is 11.6. The van der Waals surface area contributed by atoms with E-state index in [1.807, 2.05) is 4.90 Å². The summed E-state index contributed by atoms with van der Waals surface area (Å²) >= 11 is 5.83. The van der Waals surface area contributed by atoms with Crippen LogP contribution in [-0.4, -0.2) is 42.9 Å². The van der Waals surface area contributed by atoms with E-state index in [0.29, 0.717) is 24.7 Å². The van der Waals surface area contributed by atoms with E-state index in [-0.39, 0.29) is 5.91 Å². The minimum atomic E-state index is -0.428. The van der Waals surface area contributed by atoms with Gasteiger partial charge < -0.3 is 11.1 Å². The fourth-order valence-electron chi connectivity index (χ4n) is 2.16. The summed E-state index contributed by atoms with van der Waals surface area (Å²) in [6, 6.07) is 7.05. The molecule has 2 amide bonds. The predicted molar refractivity (Wildman–Crippen MR) is 72.8 cm³/mol. The number of hydrogen-bond donors (Lipinski definition) is 2. The minimum absolute atomic E-state index is 0.0226. The summed E-state index contributed by atoms with van der Waals surface area (Å²) < 4.78 is 0. The summed E-state index contributed by atoms with van der Waals surface area (Å²) in [6.45, 7) is 2.08. The molecule has 3 N–H and O–H groups in total. The second-order valence-electron chi connectivity index (χ2n) is 4.59. The maximum atomic E-state index is 11.6. The summed E-state index contributed by atoms with van der Waals surface area (Å²) in [5.74, 6) is -0.845. The number of piperazine rings is 1. The Labute approximate surface area is 116 Å². The lowest BCUT2D eigenvalue weighted by Crippen LogP contribution is -2.49. The Balaban J connectivity index is 2.10. The van der Waals surface area contributed by atoms with E-state index in [9.17, 15) is 9.59 Å². The highest BCUT2D eigenvalue weighted by Crippen LogP contribution is 2.19. The summed E-state index contributed by atoms with van der Waals surface area (Å²) in [5, 5.41) is 3.36. The zero-order valence-electron chi connectivity index (χ0n) is 10.4. The van der Waals surface area contributed by atoms with Crippen molar-refractivity contribution in [1.29, 1.82) is 0 Å². The Morgan fingerprint density at radius 3 is 2.68 bits per heavy atom. The van der Waals surface area contributed by atoms with Gasteiger partial charge in [0.1, 0.15) is 0 Å². The Morgan fingerprint density at radius 2 is 2.11 bits per heavy atom. The number of carbonyl (C=O) groups is 2. The van der Waals surface area contributed by atoms with E-state index in [1.165, 1.54) is 0 Å². The zero-order chi connectivity index (χ0) is 13.8. The molecule has 6 heteroatoms. The van der Waals surface area contributed by atoms with E-state index < -0.39 is 11.8 Å². The van der Waals surface area contributed by atoms with Crippen LogP contribution in [0, 0.1) is 0 Å². The van der Waals surface area contributed by atoms with Gasteiger partial charge in [-0.3, -0.25) is 14.5 Å². The number of hydrogen-bond acceptors (Lipinski definition) is 3. The SMILES string of the molecule is NC(=O)[C@@H](CN1CCNC(=O)C1)c1ccc(Cl)cc1. The molecule has 0 aromatic heterocycles. The van der Waals surface area contributed by atoms with Gasteiger partial charge in [0.15, 0.2) is 0 Å². The van der Waals surface area contributed by atoms with Crippen molar-refractivity contribution in [2.45, 2.75) is 5.92 Å². The van der Waals surface area contributed by atoms with E-state index in [4.69, 9.17) is 17.3 Å². The van der Waals surface area contributed by atoms with Gasteiger partial charge in [0.2, 0.25) is 11.8 Å². The average molecular weight is 282 g/mol. The number of rotatable bonds is 4. The number of nitrogens with zero attached hydrogens (tertiary/aromatic N) is 1. The highest BCUT2D eigenvalue weighted by Gasteiger charge is 2.24. The highest BCUT2D eigenvalue weighted by molar-refractivity contribution is 6.30. The summed E-state index contributed by atoms with van der Waals surface area (Å²) in [4.78, 5) is 24.9. The molecule has 0 spiro atoms. The van der Waals surface area contributed by atoms with Crippen LogP contribution < -0.4 is 11.1 Å². The molecule has 1 aromatic carbocycles. The van der Waals surface area contributed by atoms with Gasteiger partial charge >= 0.3 is 0 Å². The van der Waals surface area contributed by atoms with Crippen molar-refractivity contribution in [1.82, 2.24) is 10.2 Å². The minimum Gasteiger partial charge on any atom is -0.369 e. The Bertz CT molecular complexity index is 475. The third kappa shape index (κ3) is 3.68. The largest absolute Gasteiger partial charge is 0.369 e. The fraction of sp³-hybridized carbons (Fsp3) is 0.385. The Kier molecular flexibility index (Phi) is 4.39. The molecule has 2 rings (SSSR count). The normalized spacial score (nSPS) is 17.8. The third-order valence-electron chi connectivity index (χ3n) is 3.17. The lowest BCUT2D eigenvalue weighted by molar-refractivity contribution is -0.125. The predicted octanol–water partition coefficient (Wildman–Crippen LogP) is 0.341. The van der Waals surface area contributed by atoms with Crippen LogP contribution in [0.2, 0.25) is 5.02 Å². The lowest BCUT2D eigenvalue weighted by Gasteiger charge is -2.29. The molecule has 0 saturated carbocycles. The van der Waals surface area contributed by atoms with Gasteiger partial charge in [0.05, 0.1) is 12.5 Å². The van der Waals surface area contributed by atoms with Gasteiger partial charge in [-0.15, -0.1) is 0 Å². The summed E-state index contributed by atoms with van der Waals surface area (Å²) in [7, 11) is 0. The van der Waals surface area contributed by atoms with E-state index in [1.54, 1.807) is 24.3 Å². The van der Waals surface area contributed by atoms with Gasteiger partial charge in [0.25, 0.3) is 0 Å². The van der Waals surface area contributed by atoms with Crippen LogP contribution in [0.5, 0.6) is 0 Å². The maximum Gasteiger partial charge on any atom is 0.234 e. The van der Waals surface area contributed by atoms with E-state index >= 15 is 0 Å². The molecule has 5 nitrogen and oxygen atoms in total. The first-order chi connectivity index (χ1) is 9.06. The van der Waals surface area contributed by atoms with Crippen molar-refractivity contribution >= 4 is 23.4 Å². The fourth-order valence-corrected chi connectivity index (χ4v) is 2.29. The molecule has 1 saturated heterocycles. The second kappa shape index (κ2) is 6.04. The Hall–Kier alpha value is -1.59. The van der Waals surface area contributed by atoms with Gasteiger partial charge in [-0.2, -0.15) is 0 Å². The number of nitrogens with two attached hydrogens (primary N) is 1. The number of amides is 2. The molecule has 1 atom stereocenters. The third-order valence-corrected chi connectivity index (χ3v) is 3.43. The molecule has 1 aliphatic rings. The first-order valence-corrected chi connectivity index (χ1v) is 6.48. The molecule has 1 aromatic rings. The van der Waals surface area contributed by atoms with Gasteiger partial charge in [-0.05, 0) is 17.7 Å². The van der Waals surface area contributed by atoms with Gasteiger partial charge in [-0.1, -0.05) is 23.7 Å². The van der Waals surface area contributed by atoms with Crippen molar-refractivity contribution in [2.24, 2.45) is 5.73 Å². The monoisotopic (exact) mass is 281 g/mol. The van der Waals surface area contributed by atoms with Gasteiger partial charge in [0, 0.05) is 24.7 Å². The molecular formula is C13H16ClN3O2. The molecule has 1 fully saturated rings. The molecule has 1 aliphatic heterocycles. The van der Waals surface area contributed by atoms with Crippen molar-refractivity contribution in [3.63, 3.8) is 0 Å². The first-order valence-electron chi connectivity index (χ1n) is 6.10. The molecule has 0 aliphatic carbocycles. The molecule has 1 heterocycles. The van der Waals surface area contributed by atoms with Crippen molar-refractivity contribution in [3.8, 4) is 0 Å². The van der Waals surface area contributed by atoms with Gasteiger partial charge in [-0.25, -0.2) is 0 Å².